The van der Waals surface area contributed by atoms with E-state index in [1.54, 1.807) is 25.6 Å². The van der Waals surface area contributed by atoms with Crippen molar-refractivity contribution >= 4 is 22.5 Å². The van der Waals surface area contributed by atoms with Crippen molar-refractivity contribution in [2.45, 2.75) is 12.8 Å². The molecule has 0 fully saturated rings. The zero-order valence-corrected chi connectivity index (χ0v) is 14.9. The lowest BCUT2D eigenvalue weighted by molar-refractivity contribution is 0.318. The predicted octanol–water partition coefficient (Wildman–Crippen LogP) is 2.86. The van der Waals surface area contributed by atoms with Gasteiger partial charge in [0.1, 0.15) is 11.5 Å². The molecule has 0 amide bonds. The normalized spacial score (nSPS) is 15.2. The van der Waals surface area contributed by atoms with Crippen LogP contribution in [0.1, 0.15) is 16.1 Å². The monoisotopic (exact) mass is 345 g/mol. The maximum atomic E-state index is 5.80. The van der Waals surface area contributed by atoms with Gasteiger partial charge in [-0.15, -0.1) is 11.3 Å². The minimum Gasteiger partial charge on any atom is -0.496 e. The second kappa shape index (κ2) is 7.68. The maximum Gasteiger partial charge on any atom is 0.180 e. The molecule has 0 bridgehead atoms. The van der Waals surface area contributed by atoms with Gasteiger partial charge in [-0.05, 0) is 18.6 Å². The zero-order chi connectivity index (χ0) is 16.9. The van der Waals surface area contributed by atoms with E-state index in [4.69, 9.17) is 15.2 Å². The summed E-state index contributed by atoms with van der Waals surface area (Å²) in [5, 5.41) is 0.691. The number of hydrogen-bond donors (Lipinski definition) is 1. The number of benzene rings is 1. The number of rotatable bonds is 5. The predicted molar refractivity (Wildman–Crippen MR) is 99.0 cm³/mol. The van der Waals surface area contributed by atoms with Crippen molar-refractivity contribution in [2.75, 3.05) is 39.6 Å². The van der Waals surface area contributed by atoms with Crippen molar-refractivity contribution in [1.29, 1.82) is 0 Å². The molecular formula is C18H23N3O2S. The molecule has 0 saturated carbocycles. The third-order valence-electron chi connectivity index (χ3n) is 4.23. The van der Waals surface area contributed by atoms with Gasteiger partial charge in [-0.25, -0.2) is 4.98 Å². The molecule has 1 aliphatic heterocycles. The Hall–Kier alpha value is -2.05. The summed E-state index contributed by atoms with van der Waals surface area (Å²) in [6.45, 7) is 2.93. The Labute approximate surface area is 146 Å². The van der Waals surface area contributed by atoms with E-state index >= 15 is 0 Å². The fraction of sp³-hybridized carbons (Fsp3) is 0.389. The molecule has 2 N–H and O–H groups in total. The van der Waals surface area contributed by atoms with Crippen molar-refractivity contribution in [2.24, 2.45) is 0 Å². The van der Waals surface area contributed by atoms with Crippen LogP contribution >= 0.6 is 11.3 Å². The third kappa shape index (κ3) is 3.71. The van der Waals surface area contributed by atoms with Crippen molar-refractivity contribution in [3.63, 3.8) is 0 Å². The Bertz CT molecular complexity index is 679. The van der Waals surface area contributed by atoms with E-state index in [1.807, 2.05) is 18.2 Å². The Morgan fingerprint density at radius 3 is 2.62 bits per heavy atom. The van der Waals surface area contributed by atoms with Crippen LogP contribution < -0.4 is 15.2 Å². The number of nitrogen functional groups attached to an aromatic ring is 1. The summed E-state index contributed by atoms with van der Waals surface area (Å²) in [4.78, 5) is 8.21. The number of methoxy groups -OCH3 is 2. The van der Waals surface area contributed by atoms with Crippen LogP contribution in [-0.2, 0) is 12.8 Å². The van der Waals surface area contributed by atoms with E-state index in [1.165, 1.54) is 10.6 Å². The molecule has 0 radical (unpaired) electrons. The van der Waals surface area contributed by atoms with Crippen LogP contribution in [0.25, 0.3) is 6.08 Å². The quantitative estimate of drug-likeness (QED) is 0.903. The fourth-order valence-corrected chi connectivity index (χ4v) is 3.84. The van der Waals surface area contributed by atoms with Crippen LogP contribution in [0.5, 0.6) is 11.5 Å². The van der Waals surface area contributed by atoms with Crippen molar-refractivity contribution < 1.29 is 9.47 Å². The summed E-state index contributed by atoms with van der Waals surface area (Å²) in [7, 11) is 3.36. The van der Waals surface area contributed by atoms with E-state index in [2.05, 4.69) is 22.0 Å². The topological polar surface area (TPSA) is 60.6 Å². The molecule has 6 heteroatoms. The van der Waals surface area contributed by atoms with E-state index in [0.29, 0.717) is 5.13 Å². The van der Waals surface area contributed by atoms with Crippen LogP contribution in [0, 0.1) is 0 Å². The second-order valence-electron chi connectivity index (χ2n) is 5.70. The Balaban J connectivity index is 1.64. The molecule has 128 valence electrons. The van der Waals surface area contributed by atoms with Gasteiger partial charge in [-0.2, -0.15) is 0 Å². The van der Waals surface area contributed by atoms with Gasteiger partial charge in [0.15, 0.2) is 5.13 Å². The van der Waals surface area contributed by atoms with E-state index in [-0.39, 0.29) is 0 Å². The number of aromatic nitrogens is 1. The molecule has 0 atom stereocenters. The van der Waals surface area contributed by atoms with Gasteiger partial charge in [-0.1, -0.05) is 18.2 Å². The summed E-state index contributed by atoms with van der Waals surface area (Å²) in [5.74, 6) is 1.65. The summed E-state index contributed by atoms with van der Waals surface area (Å²) in [6, 6.07) is 5.82. The maximum absolute atomic E-state index is 5.80. The van der Waals surface area contributed by atoms with Crippen molar-refractivity contribution in [3.05, 3.63) is 40.4 Å². The Kier molecular flexibility index (Phi) is 5.37. The van der Waals surface area contributed by atoms with Gasteiger partial charge >= 0.3 is 0 Å². The molecule has 1 aromatic heterocycles. The standard InChI is InChI=1S/C18H23N3O2S/c1-22-15-6-3-7-16(23-2)13(15)5-4-10-21-11-8-14-17(9-12-21)24-18(19)20-14/h3-7H,8-12H2,1-2H3,(H2,19,20)/b5-4+. The lowest BCUT2D eigenvalue weighted by Gasteiger charge is -2.17. The number of nitrogens with two attached hydrogens (primary N) is 1. The number of nitrogens with zero attached hydrogens (tertiary/aromatic N) is 2. The van der Waals surface area contributed by atoms with Gasteiger partial charge in [0.2, 0.25) is 0 Å². The summed E-state index contributed by atoms with van der Waals surface area (Å²) < 4.78 is 10.9. The smallest absolute Gasteiger partial charge is 0.180 e. The number of thiazole rings is 1. The lowest BCUT2D eigenvalue weighted by Crippen LogP contribution is -2.26. The summed E-state index contributed by atoms with van der Waals surface area (Å²) in [6.07, 6.45) is 6.24. The van der Waals surface area contributed by atoms with Gasteiger partial charge < -0.3 is 15.2 Å². The van der Waals surface area contributed by atoms with Crippen molar-refractivity contribution in [1.82, 2.24) is 9.88 Å². The van der Waals surface area contributed by atoms with Crippen LogP contribution in [0.3, 0.4) is 0 Å². The molecular weight excluding hydrogens is 322 g/mol. The largest absolute Gasteiger partial charge is 0.496 e. The first kappa shape index (κ1) is 16.8. The minimum atomic E-state index is 0.691. The average Bonchev–Trinajstić information content (AvgIpc) is 2.86. The number of hydrogen-bond acceptors (Lipinski definition) is 6. The fourth-order valence-electron chi connectivity index (χ4n) is 2.98. The molecule has 0 spiro atoms. The highest BCUT2D eigenvalue weighted by Gasteiger charge is 2.16. The first-order valence-corrected chi connectivity index (χ1v) is 8.87. The number of fused-ring (bicyclic) bond motifs is 1. The number of ether oxygens (including phenoxy) is 2. The first-order valence-electron chi connectivity index (χ1n) is 8.05. The molecule has 5 nitrogen and oxygen atoms in total. The molecule has 1 aliphatic rings. The van der Waals surface area contributed by atoms with Gasteiger partial charge in [0.05, 0.1) is 25.5 Å². The van der Waals surface area contributed by atoms with Gasteiger partial charge in [0.25, 0.3) is 0 Å². The minimum absolute atomic E-state index is 0.691. The van der Waals surface area contributed by atoms with E-state index in [0.717, 1.165) is 49.5 Å². The summed E-state index contributed by atoms with van der Waals surface area (Å²) in [5.41, 5.74) is 7.96. The first-order chi connectivity index (χ1) is 11.7. The van der Waals surface area contributed by atoms with Crippen molar-refractivity contribution in [3.8, 4) is 11.5 Å². The van der Waals surface area contributed by atoms with E-state index < -0.39 is 0 Å². The zero-order valence-electron chi connectivity index (χ0n) is 14.1. The highest BCUT2D eigenvalue weighted by atomic mass is 32.1. The lowest BCUT2D eigenvalue weighted by atomic mass is 10.1. The molecule has 0 aliphatic carbocycles. The second-order valence-corrected chi connectivity index (χ2v) is 6.82. The Morgan fingerprint density at radius 1 is 1.21 bits per heavy atom. The highest BCUT2D eigenvalue weighted by Crippen LogP contribution is 2.29. The molecule has 0 unspecified atom stereocenters. The third-order valence-corrected chi connectivity index (χ3v) is 5.22. The highest BCUT2D eigenvalue weighted by molar-refractivity contribution is 7.15. The van der Waals surface area contributed by atoms with Crippen LogP contribution in [0.15, 0.2) is 24.3 Å². The number of anilines is 1. The SMILES string of the molecule is COc1cccc(OC)c1/C=C/CN1CCc2nc(N)sc2CC1. The molecule has 2 heterocycles. The molecule has 2 aromatic rings. The van der Waals surface area contributed by atoms with Crippen LogP contribution in [-0.4, -0.2) is 43.7 Å². The molecule has 24 heavy (non-hydrogen) atoms. The molecule has 0 saturated heterocycles. The van der Waals surface area contributed by atoms with Gasteiger partial charge in [-0.3, -0.25) is 4.90 Å². The van der Waals surface area contributed by atoms with Crippen LogP contribution in [0.4, 0.5) is 5.13 Å². The van der Waals surface area contributed by atoms with Gasteiger partial charge in [0, 0.05) is 30.9 Å². The van der Waals surface area contributed by atoms with Crippen LogP contribution in [0.2, 0.25) is 0 Å². The summed E-state index contributed by atoms with van der Waals surface area (Å²) >= 11 is 1.63. The molecule has 1 aromatic carbocycles. The van der Waals surface area contributed by atoms with E-state index in [9.17, 15) is 0 Å². The Morgan fingerprint density at radius 2 is 1.92 bits per heavy atom. The average molecular weight is 345 g/mol. The molecule has 3 rings (SSSR count).